The van der Waals surface area contributed by atoms with E-state index >= 15 is 0 Å². The van der Waals surface area contributed by atoms with Gasteiger partial charge in [-0.15, -0.1) is 0 Å². The lowest BCUT2D eigenvalue weighted by Crippen LogP contribution is -2.43. The van der Waals surface area contributed by atoms with Crippen LogP contribution in [0, 0.1) is 0 Å². The zero-order chi connectivity index (χ0) is 11.9. The van der Waals surface area contributed by atoms with Crippen molar-refractivity contribution in [2.24, 2.45) is 0 Å². The van der Waals surface area contributed by atoms with Gasteiger partial charge >= 0.3 is 0 Å². The Morgan fingerprint density at radius 1 is 1.47 bits per heavy atom. The molecular weight excluding hydrogens is 216 g/mol. The van der Waals surface area contributed by atoms with E-state index in [1.807, 2.05) is 0 Å². The van der Waals surface area contributed by atoms with Gasteiger partial charge in [0.25, 0.3) is 0 Å². The Kier molecular flexibility index (Phi) is 4.94. The van der Waals surface area contributed by atoms with E-state index in [0.29, 0.717) is 0 Å². The third-order valence-electron chi connectivity index (χ3n) is 3.32. The van der Waals surface area contributed by atoms with Gasteiger partial charge in [0, 0.05) is 19.0 Å². The molecule has 0 aromatic carbocycles. The molecule has 5 heteroatoms. The summed E-state index contributed by atoms with van der Waals surface area (Å²) in [7, 11) is 0. The summed E-state index contributed by atoms with van der Waals surface area (Å²) in [5, 5.41) is 7.21. The maximum atomic E-state index is 5.00. The molecule has 5 nitrogen and oxygen atoms in total. The van der Waals surface area contributed by atoms with Crippen LogP contribution in [0.2, 0.25) is 0 Å². The fourth-order valence-electron chi connectivity index (χ4n) is 2.27. The summed E-state index contributed by atoms with van der Waals surface area (Å²) < 4.78 is 5.00. The molecule has 0 radical (unpaired) electrons. The minimum Gasteiger partial charge on any atom is -0.340 e. The Bertz CT molecular complexity index is 293. The predicted molar refractivity (Wildman–Crippen MR) is 65.8 cm³/mol. The standard InChI is InChI=1S/C12H22N4O/c1-2-6-13-11-3-7-16(8-4-11)9-5-12-14-10-15-17-12/h10-11,13H,2-9H2,1H3. The van der Waals surface area contributed by atoms with Crippen molar-refractivity contribution in [3.05, 3.63) is 12.2 Å². The predicted octanol–water partition coefficient (Wildman–Crippen LogP) is 1.08. The molecule has 0 bridgehead atoms. The lowest BCUT2D eigenvalue weighted by molar-refractivity contribution is 0.194. The lowest BCUT2D eigenvalue weighted by Gasteiger charge is -2.32. The first-order chi connectivity index (χ1) is 8.38. The van der Waals surface area contributed by atoms with Crippen molar-refractivity contribution in [1.82, 2.24) is 20.4 Å². The highest BCUT2D eigenvalue weighted by molar-refractivity contribution is 4.80. The summed E-state index contributed by atoms with van der Waals surface area (Å²) in [6.07, 6.45) is 6.06. The number of likely N-dealkylation sites (tertiary alicyclic amines) is 1. The van der Waals surface area contributed by atoms with Gasteiger partial charge in [-0.2, -0.15) is 4.98 Å². The van der Waals surface area contributed by atoms with E-state index in [1.54, 1.807) is 0 Å². The number of aromatic nitrogens is 2. The Labute approximate surface area is 103 Å². The molecule has 1 aliphatic heterocycles. The van der Waals surface area contributed by atoms with Crippen molar-refractivity contribution in [2.75, 3.05) is 26.2 Å². The second kappa shape index (κ2) is 6.71. The van der Waals surface area contributed by atoms with E-state index in [0.717, 1.165) is 31.4 Å². The van der Waals surface area contributed by atoms with Gasteiger partial charge in [0.15, 0.2) is 6.33 Å². The molecule has 1 saturated heterocycles. The fraction of sp³-hybridized carbons (Fsp3) is 0.833. The SMILES string of the molecule is CCCNC1CCN(CCc2ncno2)CC1. The van der Waals surface area contributed by atoms with Crippen molar-refractivity contribution in [3.63, 3.8) is 0 Å². The average molecular weight is 238 g/mol. The monoisotopic (exact) mass is 238 g/mol. The van der Waals surface area contributed by atoms with Gasteiger partial charge in [-0.1, -0.05) is 12.1 Å². The van der Waals surface area contributed by atoms with Crippen LogP contribution in [0.1, 0.15) is 32.1 Å². The van der Waals surface area contributed by atoms with Crippen LogP contribution in [0.25, 0.3) is 0 Å². The average Bonchev–Trinajstić information content (AvgIpc) is 2.88. The van der Waals surface area contributed by atoms with Gasteiger partial charge in [0.1, 0.15) is 0 Å². The molecule has 0 aliphatic carbocycles. The van der Waals surface area contributed by atoms with Crippen LogP contribution in [0.3, 0.4) is 0 Å². The van der Waals surface area contributed by atoms with E-state index in [9.17, 15) is 0 Å². The first-order valence-electron chi connectivity index (χ1n) is 6.59. The molecule has 0 saturated carbocycles. The van der Waals surface area contributed by atoms with Crippen LogP contribution >= 0.6 is 0 Å². The van der Waals surface area contributed by atoms with E-state index in [4.69, 9.17) is 4.52 Å². The smallest absolute Gasteiger partial charge is 0.227 e. The van der Waals surface area contributed by atoms with Gasteiger partial charge in [-0.25, -0.2) is 0 Å². The molecular formula is C12H22N4O. The summed E-state index contributed by atoms with van der Waals surface area (Å²) >= 11 is 0. The van der Waals surface area contributed by atoms with Crippen LogP contribution in [-0.4, -0.2) is 47.3 Å². The zero-order valence-corrected chi connectivity index (χ0v) is 10.6. The molecule has 1 fully saturated rings. The quantitative estimate of drug-likeness (QED) is 0.803. The number of nitrogens with zero attached hydrogens (tertiary/aromatic N) is 3. The van der Waals surface area contributed by atoms with Crippen molar-refractivity contribution in [1.29, 1.82) is 0 Å². The Hall–Kier alpha value is -0.940. The highest BCUT2D eigenvalue weighted by Gasteiger charge is 2.18. The maximum Gasteiger partial charge on any atom is 0.227 e. The second-order valence-electron chi connectivity index (χ2n) is 4.66. The normalized spacial score (nSPS) is 18.6. The molecule has 0 spiro atoms. The molecule has 1 aliphatic rings. The van der Waals surface area contributed by atoms with Crippen LogP contribution in [-0.2, 0) is 6.42 Å². The molecule has 0 unspecified atom stereocenters. The number of piperidine rings is 1. The van der Waals surface area contributed by atoms with Gasteiger partial charge in [0.2, 0.25) is 5.89 Å². The first-order valence-corrected chi connectivity index (χ1v) is 6.59. The highest BCUT2D eigenvalue weighted by atomic mass is 16.5. The second-order valence-corrected chi connectivity index (χ2v) is 4.66. The summed E-state index contributed by atoms with van der Waals surface area (Å²) in [6.45, 7) is 6.74. The maximum absolute atomic E-state index is 5.00. The van der Waals surface area contributed by atoms with Gasteiger partial charge < -0.3 is 14.7 Å². The molecule has 2 heterocycles. The molecule has 2 rings (SSSR count). The molecule has 1 aromatic heterocycles. The lowest BCUT2D eigenvalue weighted by atomic mass is 10.0. The number of hydrogen-bond donors (Lipinski definition) is 1. The van der Waals surface area contributed by atoms with E-state index in [1.165, 1.54) is 38.7 Å². The first kappa shape index (κ1) is 12.5. The number of hydrogen-bond acceptors (Lipinski definition) is 5. The van der Waals surface area contributed by atoms with Crippen molar-refractivity contribution >= 4 is 0 Å². The number of nitrogens with one attached hydrogen (secondary N) is 1. The number of rotatable bonds is 6. The van der Waals surface area contributed by atoms with Crippen LogP contribution in [0.15, 0.2) is 10.9 Å². The van der Waals surface area contributed by atoms with Crippen LogP contribution in [0.5, 0.6) is 0 Å². The van der Waals surface area contributed by atoms with Crippen molar-refractivity contribution in [3.8, 4) is 0 Å². The third-order valence-corrected chi connectivity index (χ3v) is 3.32. The third kappa shape index (κ3) is 4.09. The molecule has 96 valence electrons. The van der Waals surface area contributed by atoms with Crippen molar-refractivity contribution in [2.45, 2.75) is 38.6 Å². The molecule has 0 amide bonds. The molecule has 1 N–H and O–H groups in total. The minimum atomic E-state index is 0.717. The Balaban J connectivity index is 1.62. The van der Waals surface area contributed by atoms with E-state index in [2.05, 4.69) is 27.3 Å². The fourth-order valence-corrected chi connectivity index (χ4v) is 2.27. The minimum absolute atomic E-state index is 0.717. The summed E-state index contributed by atoms with van der Waals surface area (Å²) in [4.78, 5) is 6.52. The summed E-state index contributed by atoms with van der Waals surface area (Å²) in [6, 6.07) is 0.717. The molecule has 0 atom stereocenters. The zero-order valence-electron chi connectivity index (χ0n) is 10.6. The van der Waals surface area contributed by atoms with Gasteiger partial charge in [-0.05, 0) is 38.9 Å². The Morgan fingerprint density at radius 3 is 2.94 bits per heavy atom. The van der Waals surface area contributed by atoms with Gasteiger partial charge in [0.05, 0.1) is 0 Å². The van der Waals surface area contributed by atoms with Crippen LogP contribution < -0.4 is 5.32 Å². The topological polar surface area (TPSA) is 54.2 Å². The van der Waals surface area contributed by atoms with E-state index in [-0.39, 0.29) is 0 Å². The van der Waals surface area contributed by atoms with Crippen LogP contribution in [0.4, 0.5) is 0 Å². The van der Waals surface area contributed by atoms with Gasteiger partial charge in [-0.3, -0.25) is 0 Å². The summed E-state index contributed by atoms with van der Waals surface area (Å²) in [5.41, 5.74) is 0. The van der Waals surface area contributed by atoms with E-state index < -0.39 is 0 Å². The summed E-state index contributed by atoms with van der Waals surface area (Å²) in [5.74, 6) is 0.747. The molecule has 17 heavy (non-hydrogen) atoms. The highest BCUT2D eigenvalue weighted by Crippen LogP contribution is 2.10. The van der Waals surface area contributed by atoms with Crippen molar-refractivity contribution < 1.29 is 4.52 Å². The molecule has 1 aromatic rings. The Morgan fingerprint density at radius 2 is 2.29 bits per heavy atom. The largest absolute Gasteiger partial charge is 0.340 e.